The smallest absolute Gasteiger partial charge is 0.00693 e. The van der Waals surface area contributed by atoms with Gasteiger partial charge in [-0.05, 0) is 12.8 Å². The first-order chi connectivity index (χ1) is 6.20. The van der Waals surface area contributed by atoms with Crippen LogP contribution in [0.3, 0.4) is 0 Å². The van der Waals surface area contributed by atoms with E-state index in [9.17, 15) is 0 Å². The van der Waals surface area contributed by atoms with Crippen LogP contribution >= 0.6 is 0 Å². The Hall–Kier alpha value is -0.0400. The van der Waals surface area contributed by atoms with Gasteiger partial charge in [0.2, 0.25) is 0 Å². The zero-order valence-corrected chi connectivity index (χ0v) is 9.90. The number of hydrogen-bond donors (Lipinski definition) is 1. The fourth-order valence-corrected chi connectivity index (χ4v) is 1.77. The van der Waals surface area contributed by atoms with Gasteiger partial charge in [-0.3, -0.25) is 0 Å². The third kappa shape index (κ3) is 8.29. The van der Waals surface area contributed by atoms with E-state index in [1.807, 2.05) is 0 Å². The summed E-state index contributed by atoms with van der Waals surface area (Å²) in [5.74, 6) is 0. The van der Waals surface area contributed by atoms with Crippen molar-refractivity contribution >= 4 is 0 Å². The largest absolute Gasteiger partial charge is 0.312 e. The van der Waals surface area contributed by atoms with Gasteiger partial charge in [-0.2, -0.15) is 0 Å². The second-order valence-electron chi connectivity index (χ2n) is 4.30. The Labute approximate surface area is 84.3 Å². The van der Waals surface area contributed by atoms with Gasteiger partial charge in [0, 0.05) is 12.1 Å². The Balaban J connectivity index is 3.53. The summed E-state index contributed by atoms with van der Waals surface area (Å²) in [5, 5.41) is 3.64. The van der Waals surface area contributed by atoms with Crippen LogP contribution in [0.4, 0.5) is 0 Å². The van der Waals surface area contributed by atoms with Gasteiger partial charge < -0.3 is 5.32 Å². The van der Waals surface area contributed by atoms with E-state index in [1.54, 1.807) is 0 Å². The van der Waals surface area contributed by atoms with E-state index in [0.29, 0.717) is 6.04 Å². The third-order valence-corrected chi connectivity index (χ3v) is 2.36. The van der Waals surface area contributed by atoms with Crippen molar-refractivity contribution in [2.75, 3.05) is 0 Å². The summed E-state index contributed by atoms with van der Waals surface area (Å²) in [4.78, 5) is 0. The van der Waals surface area contributed by atoms with Crippen LogP contribution in [0.5, 0.6) is 0 Å². The molecule has 0 heterocycles. The second-order valence-corrected chi connectivity index (χ2v) is 4.30. The van der Waals surface area contributed by atoms with Crippen LogP contribution in [0.2, 0.25) is 0 Å². The second kappa shape index (κ2) is 8.55. The maximum atomic E-state index is 3.64. The summed E-state index contributed by atoms with van der Waals surface area (Å²) in [6, 6.07) is 1.40. The molecule has 0 amide bonds. The lowest BCUT2D eigenvalue weighted by Crippen LogP contribution is -2.34. The lowest BCUT2D eigenvalue weighted by atomic mass is 10.0. The molecule has 0 aromatic heterocycles. The molecule has 1 heteroatoms. The van der Waals surface area contributed by atoms with Crippen molar-refractivity contribution in [1.82, 2.24) is 5.32 Å². The number of nitrogens with one attached hydrogen (secondary N) is 1. The van der Waals surface area contributed by atoms with E-state index in [0.717, 1.165) is 6.04 Å². The van der Waals surface area contributed by atoms with Gasteiger partial charge in [-0.1, -0.05) is 53.4 Å². The zero-order valence-electron chi connectivity index (χ0n) is 9.90. The van der Waals surface area contributed by atoms with Crippen molar-refractivity contribution in [2.45, 2.75) is 78.3 Å². The first-order valence-corrected chi connectivity index (χ1v) is 5.96. The molecule has 1 atom stereocenters. The van der Waals surface area contributed by atoms with Crippen LogP contribution in [0, 0.1) is 0 Å². The molecule has 80 valence electrons. The molecular weight excluding hydrogens is 158 g/mol. The fourth-order valence-electron chi connectivity index (χ4n) is 1.77. The van der Waals surface area contributed by atoms with E-state index >= 15 is 0 Å². The molecule has 0 unspecified atom stereocenters. The van der Waals surface area contributed by atoms with Crippen LogP contribution in [-0.4, -0.2) is 12.1 Å². The normalized spacial score (nSPS) is 13.6. The predicted molar refractivity (Wildman–Crippen MR) is 61.1 cm³/mol. The molecule has 0 spiro atoms. The van der Waals surface area contributed by atoms with Gasteiger partial charge in [0.05, 0.1) is 0 Å². The van der Waals surface area contributed by atoms with Crippen LogP contribution in [0.15, 0.2) is 0 Å². The van der Waals surface area contributed by atoms with Gasteiger partial charge in [0.1, 0.15) is 0 Å². The Morgan fingerprint density at radius 1 is 0.923 bits per heavy atom. The lowest BCUT2D eigenvalue weighted by Gasteiger charge is -2.20. The Morgan fingerprint density at radius 2 is 1.62 bits per heavy atom. The van der Waals surface area contributed by atoms with E-state index in [1.165, 1.54) is 38.5 Å². The van der Waals surface area contributed by atoms with E-state index in [4.69, 9.17) is 0 Å². The minimum Gasteiger partial charge on any atom is -0.312 e. The van der Waals surface area contributed by atoms with E-state index in [2.05, 4.69) is 33.0 Å². The maximum absolute atomic E-state index is 3.64. The highest BCUT2D eigenvalue weighted by atomic mass is 14.9. The highest BCUT2D eigenvalue weighted by molar-refractivity contribution is 4.68. The van der Waals surface area contributed by atoms with Gasteiger partial charge >= 0.3 is 0 Å². The summed E-state index contributed by atoms with van der Waals surface area (Å²) in [6.45, 7) is 9.02. The monoisotopic (exact) mass is 185 g/mol. The van der Waals surface area contributed by atoms with Crippen LogP contribution in [-0.2, 0) is 0 Å². The summed E-state index contributed by atoms with van der Waals surface area (Å²) >= 11 is 0. The SMILES string of the molecule is CCCCC[C@H](CCC)NC(C)C. The molecule has 0 aromatic carbocycles. The quantitative estimate of drug-likeness (QED) is 0.568. The molecule has 0 saturated carbocycles. The van der Waals surface area contributed by atoms with Gasteiger partial charge in [0.25, 0.3) is 0 Å². The molecular formula is C12H27N. The topological polar surface area (TPSA) is 12.0 Å². The van der Waals surface area contributed by atoms with Gasteiger partial charge in [-0.15, -0.1) is 0 Å². The number of unbranched alkanes of at least 4 members (excludes halogenated alkanes) is 2. The Kier molecular flexibility index (Phi) is 8.53. The van der Waals surface area contributed by atoms with E-state index in [-0.39, 0.29) is 0 Å². The summed E-state index contributed by atoms with van der Waals surface area (Å²) in [7, 11) is 0. The highest BCUT2D eigenvalue weighted by Crippen LogP contribution is 2.08. The molecule has 0 bridgehead atoms. The minimum absolute atomic E-state index is 0.637. The van der Waals surface area contributed by atoms with Crippen LogP contribution in [0.25, 0.3) is 0 Å². The predicted octanol–water partition coefficient (Wildman–Crippen LogP) is 3.73. The molecule has 0 aromatic rings. The molecule has 0 saturated heterocycles. The number of hydrogen-bond acceptors (Lipinski definition) is 1. The van der Waals surface area contributed by atoms with Gasteiger partial charge in [-0.25, -0.2) is 0 Å². The standard InChI is InChI=1S/C12H27N/c1-5-7-8-10-12(9-6-2)13-11(3)4/h11-13H,5-10H2,1-4H3/t12-/m0/s1. The maximum Gasteiger partial charge on any atom is 0.00693 e. The Morgan fingerprint density at radius 3 is 2.08 bits per heavy atom. The van der Waals surface area contributed by atoms with Gasteiger partial charge in [0.15, 0.2) is 0 Å². The molecule has 0 radical (unpaired) electrons. The van der Waals surface area contributed by atoms with Crippen molar-refractivity contribution in [3.8, 4) is 0 Å². The first kappa shape index (κ1) is 13.0. The molecule has 0 aliphatic carbocycles. The summed E-state index contributed by atoms with van der Waals surface area (Å²) in [5.41, 5.74) is 0. The minimum atomic E-state index is 0.637. The fraction of sp³-hybridized carbons (Fsp3) is 1.00. The average molecular weight is 185 g/mol. The molecule has 1 N–H and O–H groups in total. The molecule has 13 heavy (non-hydrogen) atoms. The molecule has 0 aliphatic heterocycles. The first-order valence-electron chi connectivity index (χ1n) is 5.96. The van der Waals surface area contributed by atoms with Crippen LogP contribution < -0.4 is 5.32 Å². The summed E-state index contributed by atoms with van der Waals surface area (Å²) < 4.78 is 0. The van der Waals surface area contributed by atoms with Crippen molar-refractivity contribution in [3.05, 3.63) is 0 Å². The van der Waals surface area contributed by atoms with Crippen LogP contribution in [0.1, 0.15) is 66.2 Å². The van der Waals surface area contributed by atoms with E-state index < -0.39 is 0 Å². The molecule has 1 nitrogen and oxygen atoms in total. The summed E-state index contributed by atoms with van der Waals surface area (Å²) in [6.07, 6.45) is 8.11. The van der Waals surface area contributed by atoms with Crippen molar-refractivity contribution in [3.63, 3.8) is 0 Å². The molecule has 0 fully saturated rings. The highest BCUT2D eigenvalue weighted by Gasteiger charge is 2.07. The van der Waals surface area contributed by atoms with Crippen molar-refractivity contribution < 1.29 is 0 Å². The number of rotatable bonds is 8. The lowest BCUT2D eigenvalue weighted by molar-refractivity contribution is 0.400. The molecule has 0 rings (SSSR count). The van der Waals surface area contributed by atoms with Crippen molar-refractivity contribution in [1.29, 1.82) is 0 Å². The Bertz CT molecular complexity index is 99.3. The molecule has 0 aliphatic rings. The third-order valence-electron chi connectivity index (χ3n) is 2.36. The zero-order chi connectivity index (χ0) is 10.1. The average Bonchev–Trinajstić information content (AvgIpc) is 2.04. The van der Waals surface area contributed by atoms with Crippen molar-refractivity contribution in [2.24, 2.45) is 0 Å².